The molecule has 0 fully saturated rings. The molecule has 0 saturated heterocycles. The number of carbonyl (C=O) groups excluding carboxylic acids is 1. The van der Waals surface area contributed by atoms with Crippen LogP contribution in [0, 0.1) is 0 Å². The third-order valence-electron chi connectivity index (χ3n) is 2.65. The number of fused-ring (bicyclic) bond motifs is 1. The summed E-state index contributed by atoms with van der Waals surface area (Å²) >= 11 is 3.39. The van der Waals surface area contributed by atoms with Gasteiger partial charge in [-0.2, -0.15) is 0 Å². The predicted molar refractivity (Wildman–Crippen MR) is 56.1 cm³/mol. The van der Waals surface area contributed by atoms with Crippen molar-refractivity contribution in [2.75, 3.05) is 0 Å². The smallest absolute Gasteiger partial charge is 0.163 e. The molecule has 0 saturated carbocycles. The first kappa shape index (κ1) is 8.95. The average molecular weight is 239 g/mol. The van der Waals surface area contributed by atoms with Gasteiger partial charge >= 0.3 is 0 Å². The van der Waals surface area contributed by atoms with Crippen molar-refractivity contribution in [3.8, 4) is 0 Å². The maximum atomic E-state index is 11.6. The molecule has 68 valence electrons. The van der Waals surface area contributed by atoms with Gasteiger partial charge in [0.2, 0.25) is 0 Å². The lowest BCUT2D eigenvalue weighted by molar-refractivity contribution is 0.0968. The molecule has 0 aliphatic heterocycles. The number of ketones is 1. The fourth-order valence-corrected chi connectivity index (χ4v) is 2.20. The molecule has 0 aromatic heterocycles. The van der Waals surface area contributed by atoms with Crippen molar-refractivity contribution < 1.29 is 4.79 Å². The van der Waals surface area contributed by atoms with Crippen LogP contribution in [0.15, 0.2) is 22.7 Å². The van der Waals surface area contributed by atoms with E-state index >= 15 is 0 Å². The van der Waals surface area contributed by atoms with Crippen LogP contribution in [0.5, 0.6) is 0 Å². The van der Waals surface area contributed by atoms with Crippen LogP contribution in [-0.2, 0) is 0 Å². The second kappa shape index (κ2) is 3.26. The highest BCUT2D eigenvalue weighted by Crippen LogP contribution is 2.32. The molecule has 0 heterocycles. The van der Waals surface area contributed by atoms with Crippen molar-refractivity contribution in [1.82, 2.24) is 0 Å². The van der Waals surface area contributed by atoms with Crippen LogP contribution in [0.3, 0.4) is 0 Å². The summed E-state index contributed by atoms with van der Waals surface area (Å²) in [7, 11) is 0. The monoisotopic (exact) mass is 238 g/mol. The van der Waals surface area contributed by atoms with E-state index in [0.717, 1.165) is 16.5 Å². The number of halogens is 1. The minimum Gasteiger partial charge on any atom is -0.294 e. The Labute approximate surface area is 86.3 Å². The summed E-state index contributed by atoms with van der Waals surface area (Å²) < 4.78 is 0.994. The van der Waals surface area contributed by atoms with Crippen LogP contribution in [0.2, 0.25) is 0 Å². The molecule has 2 heteroatoms. The second-order valence-corrected chi connectivity index (χ2v) is 4.51. The second-order valence-electron chi connectivity index (χ2n) is 3.59. The summed E-state index contributed by atoms with van der Waals surface area (Å²) in [6, 6.07) is 6.00. The number of rotatable bonds is 0. The van der Waals surface area contributed by atoms with Gasteiger partial charge in [-0.25, -0.2) is 0 Å². The van der Waals surface area contributed by atoms with E-state index in [4.69, 9.17) is 0 Å². The first-order valence-electron chi connectivity index (χ1n) is 4.51. The molecular weight excluding hydrogens is 228 g/mol. The first-order chi connectivity index (χ1) is 6.18. The Hall–Kier alpha value is -0.630. The molecule has 2 rings (SSSR count). The molecule has 0 amide bonds. The number of hydrogen-bond donors (Lipinski definition) is 0. The largest absolute Gasteiger partial charge is 0.294 e. The van der Waals surface area contributed by atoms with E-state index in [2.05, 4.69) is 28.9 Å². The van der Waals surface area contributed by atoms with Gasteiger partial charge in [0, 0.05) is 16.5 Å². The molecule has 1 aliphatic carbocycles. The summed E-state index contributed by atoms with van der Waals surface area (Å²) in [5.41, 5.74) is 2.12. The minimum atomic E-state index is 0.286. The number of Topliss-reactive ketones (excluding diaryl/α,β-unsaturated/α-hetero) is 1. The molecule has 0 bridgehead atoms. The highest BCUT2D eigenvalue weighted by molar-refractivity contribution is 9.10. The fourth-order valence-electron chi connectivity index (χ4n) is 1.84. The summed E-state index contributed by atoms with van der Waals surface area (Å²) in [5.74, 6) is 0.815. The molecule has 0 spiro atoms. The van der Waals surface area contributed by atoms with Crippen molar-refractivity contribution in [1.29, 1.82) is 0 Å². The SMILES string of the molecule is C[C@H]1CCC(=O)c2cc(Br)ccc21. The topological polar surface area (TPSA) is 17.1 Å². The standard InChI is InChI=1S/C11H11BrO/c1-7-2-5-11(13)10-6-8(12)3-4-9(7)10/h3-4,6-7H,2,5H2,1H3/t7-/m0/s1. The Kier molecular flexibility index (Phi) is 2.24. The molecule has 1 nitrogen and oxygen atoms in total. The van der Waals surface area contributed by atoms with E-state index in [1.54, 1.807) is 0 Å². The Balaban J connectivity index is 2.57. The Morgan fingerprint density at radius 3 is 3.00 bits per heavy atom. The van der Waals surface area contributed by atoms with Crippen LogP contribution in [0.4, 0.5) is 0 Å². The lowest BCUT2D eigenvalue weighted by atomic mass is 9.83. The fraction of sp³-hybridized carbons (Fsp3) is 0.364. The number of benzene rings is 1. The van der Waals surface area contributed by atoms with Gasteiger partial charge in [0.15, 0.2) is 5.78 Å². The van der Waals surface area contributed by atoms with E-state index in [9.17, 15) is 4.79 Å². The quantitative estimate of drug-likeness (QED) is 0.676. The van der Waals surface area contributed by atoms with E-state index in [1.807, 2.05) is 12.1 Å². The van der Waals surface area contributed by atoms with E-state index in [0.29, 0.717) is 12.3 Å². The molecule has 1 aromatic carbocycles. The average Bonchev–Trinajstić information content (AvgIpc) is 2.12. The first-order valence-corrected chi connectivity index (χ1v) is 5.30. The number of carbonyl (C=O) groups is 1. The molecular formula is C11H11BrO. The molecule has 0 radical (unpaired) electrons. The predicted octanol–water partition coefficient (Wildman–Crippen LogP) is 3.53. The highest BCUT2D eigenvalue weighted by Gasteiger charge is 2.22. The Bertz CT molecular complexity index is 357. The maximum absolute atomic E-state index is 11.6. The summed E-state index contributed by atoms with van der Waals surface area (Å²) in [4.78, 5) is 11.6. The normalized spacial score (nSPS) is 21.4. The van der Waals surface area contributed by atoms with Gasteiger partial charge in [-0.15, -0.1) is 0 Å². The van der Waals surface area contributed by atoms with Crippen molar-refractivity contribution in [3.05, 3.63) is 33.8 Å². The molecule has 1 aliphatic rings. The zero-order valence-corrected chi connectivity index (χ0v) is 9.10. The van der Waals surface area contributed by atoms with Crippen molar-refractivity contribution in [2.24, 2.45) is 0 Å². The van der Waals surface area contributed by atoms with Gasteiger partial charge in [0.25, 0.3) is 0 Å². The molecule has 13 heavy (non-hydrogen) atoms. The van der Waals surface area contributed by atoms with Crippen LogP contribution in [-0.4, -0.2) is 5.78 Å². The number of hydrogen-bond acceptors (Lipinski definition) is 1. The molecule has 1 atom stereocenters. The van der Waals surface area contributed by atoms with Gasteiger partial charge < -0.3 is 0 Å². The Morgan fingerprint density at radius 2 is 2.23 bits per heavy atom. The van der Waals surface area contributed by atoms with E-state index < -0.39 is 0 Å². The zero-order chi connectivity index (χ0) is 9.42. The van der Waals surface area contributed by atoms with Crippen molar-refractivity contribution >= 4 is 21.7 Å². The van der Waals surface area contributed by atoms with Crippen LogP contribution in [0.1, 0.15) is 41.6 Å². The molecule has 1 aromatic rings. The lowest BCUT2D eigenvalue weighted by Crippen LogP contribution is -2.13. The van der Waals surface area contributed by atoms with E-state index in [1.165, 1.54) is 5.56 Å². The van der Waals surface area contributed by atoms with Gasteiger partial charge in [-0.1, -0.05) is 28.9 Å². The van der Waals surface area contributed by atoms with Gasteiger partial charge in [0.05, 0.1) is 0 Å². The lowest BCUT2D eigenvalue weighted by Gasteiger charge is -2.21. The van der Waals surface area contributed by atoms with Crippen molar-refractivity contribution in [3.63, 3.8) is 0 Å². The van der Waals surface area contributed by atoms with Gasteiger partial charge in [0.1, 0.15) is 0 Å². The summed E-state index contributed by atoms with van der Waals surface area (Å²) in [6.07, 6.45) is 1.69. The van der Waals surface area contributed by atoms with Crippen LogP contribution >= 0.6 is 15.9 Å². The van der Waals surface area contributed by atoms with Crippen LogP contribution in [0.25, 0.3) is 0 Å². The van der Waals surface area contributed by atoms with Gasteiger partial charge in [-0.3, -0.25) is 4.79 Å². The third kappa shape index (κ3) is 1.55. The zero-order valence-electron chi connectivity index (χ0n) is 7.51. The van der Waals surface area contributed by atoms with Crippen molar-refractivity contribution in [2.45, 2.75) is 25.7 Å². The maximum Gasteiger partial charge on any atom is 0.163 e. The summed E-state index contributed by atoms with van der Waals surface area (Å²) in [5, 5.41) is 0. The third-order valence-corrected chi connectivity index (χ3v) is 3.14. The molecule has 0 unspecified atom stereocenters. The van der Waals surface area contributed by atoms with E-state index in [-0.39, 0.29) is 5.78 Å². The van der Waals surface area contributed by atoms with Crippen LogP contribution < -0.4 is 0 Å². The Morgan fingerprint density at radius 1 is 1.46 bits per heavy atom. The minimum absolute atomic E-state index is 0.286. The molecule has 0 N–H and O–H groups in total. The summed E-state index contributed by atoms with van der Waals surface area (Å²) in [6.45, 7) is 2.18. The van der Waals surface area contributed by atoms with Gasteiger partial charge in [-0.05, 0) is 30.0 Å². The highest BCUT2D eigenvalue weighted by atomic mass is 79.9.